The molecular formula is C12H21F3O. The Morgan fingerprint density at radius 2 is 1.69 bits per heavy atom. The number of hydrogen-bond donors (Lipinski definition) is 0. The molecule has 0 saturated carbocycles. The highest BCUT2D eigenvalue weighted by Gasteiger charge is 2.31. The van der Waals surface area contributed by atoms with Gasteiger partial charge in [-0.2, -0.15) is 0 Å². The Labute approximate surface area is 96.3 Å². The van der Waals surface area contributed by atoms with E-state index in [1.165, 1.54) is 19.1 Å². The lowest BCUT2D eigenvalue weighted by molar-refractivity contribution is -0.303. The van der Waals surface area contributed by atoms with Crippen molar-refractivity contribution >= 4 is 0 Å². The average molecular weight is 238 g/mol. The molecule has 0 aromatic rings. The minimum absolute atomic E-state index is 0.177. The summed E-state index contributed by atoms with van der Waals surface area (Å²) < 4.78 is 38.5. The van der Waals surface area contributed by atoms with Gasteiger partial charge in [-0.15, -0.1) is 26.3 Å². The Morgan fingerprint density at radius 1 is 1.25 bits per heavy atom. The highest BCUT2D eigenvalue weighted by atomic mass is 19.4. The Balaban J connectivity index is -0.000000376. The van der Waals surface area contributed by atoms with Gasteiger partial charge in [0.15, 0.2) is 0 Å². The van der Waals surface area contributed by atoms with Crippen LogP contribution in [-0.4, -0.2) is 6.36 Å². The number of alkyl halides is 3. The predicted octanol–water partition coefficient (Wildman–Crippen LogP) is 5.22. The van der Waals surface area contributed by atoms with E-state index in [2.05, 4.69) is 17.9 Å². The van der Waals surface area contributed by atoms with Gasteiger partial charge in [-0.05, 0) is 25.5 Å². The minimum Gasteiger partial charge on any atom is -0.406 e. The Bertz CT molecular complexity index is 193. The summed E-state index contributed by atoms with van der Waals surface area (Å²) in [5, 5.41) is 0. The van der Waals surface area contributed by atoms with E-state index in [4.69, 9.17) is 0 Å². The molecule has 0 atom stereocenters. The van der Waals surface area contributed by atoms with Gasteiger partial charge < -0.3 is 4.74 Å². The van der Waals surface area contributed by atoms with Crippen LogP contribution in [0.15, 0.2) is 37.1 Å². The fourth-order valence-corrected chi connectivity index (χ4v) is 0.557. The van der Waals surface area contributed by atoms with Crippen LogP contribution in [0, 0.1) is 0 Å². The standard InChI is InChI=1S/C8H11F3O.C2H6.C2H4/c1-3-5-6-7(4-2)12-8(9,10)11;2*1-2/h4-6H,3H2,1-2H3;1-2H3;1-2H2/b6-5-,7-4+;;. The molecule has 96 valence electrons. The van der Waals surface area contributed by atoms with Gasteiger partial charge in [-0.25, -0.2) is 0 Å². The van der Waals surface area contributed by atoms with Crippen LogP contribution in [0.3, 0.4) is 0 Å². The summed E-state index contributed by atoms with van der Waals surface area (Å²) in [5.41, 5.74) is 0. The van der Waals surface area contributed by atoms with Crippen LogP contribution in [0.25, 0.3) is 0 Å². The van der Waals surface area contributed by atoms with Crippen molar-refractivity contribution in [1.82, 2.24) is 0 Å². The lowest BCUT2D eigenvalue weighted by Gasteiger charge is -2.08. The molecule has 0 amide bonds. The third-order valence-corrected chi connectivity index (χ3v) is 1.04. The van der Waals surface area contributed by atoms with Gasteiger partial charge in [0.05, 0.1) is 0 Å². The van der Waals surface area contributed by atoms with E-state index >= 15 is 0 Å². The number of ether oxygens (including phenoxy) is 1. The third-order valence-electron chi connectivity index (χ3n) is 1.04. The molecule has 16 heavy (non-hydrogen) atoms. The van der Waals surface area contributed by atoms with E-state index in [0.29, 0.717) is 6.42 Å². The molecule has 0 aliphatic heterocycles. The molecule has 0 bridgehead atoms. The Kier molecular flexibility index (Phi) is 17.5. The zero-order valence-corrected chi connectivity index (χ0v) is 10.4. The summed E-state index contributed by atoms with van der Waals surface area (Å²) in [4.78, 5) is 0. The number of rotatable bonds is 3. The minimum atomic E-state index is -4.60. The molecule has 0 unspecified atom stereocenters. The second-order valence-corrected chi connectivity index (χ2v) is 2.05. The first kappa shape index (κ1) is 20.3. The maximum absolute atomic E-state index is 11.6. The van der Waals surface area contributed by atoms with Gasteiger partial charge in [0.2, 0.25) is 0 Å². The van der Waals surface area contributed by atoms with Crippen molar-refractivity contribution in [3.8, 4) is 0 Å². The van der Waals surface area contributed by atoms with Crippen molar-refractivity contribution in [2.45, 2.75) is 40.5 Å². The summed E-state index contributed by atoms with van der Waals surface area (Å²) in [5.74, 6) is -0.177. The molecule has 0 spiro atoms. The largest absolute Gasteiger partial charge is 0.573 e. The second-order valence-electron chi connectivity index (χ2n) is 2.05. The summed E-state index contributed by atoms with van der Waals surface area (Å²) >= 11 is 0. The Morgan fingerprint density at radius 3 is 1.94 bits per heavy atom. The fraction of sp³-hybridized carbons (Fsp3) is 0.500. The summed E-state index contributed by atoms with van der Waals surface area (Å²) in [6.07, 6.45) is 0.243. The Hall–Kier alpha value is -1.19. The molecule has 0 fully saturated rings. The molecule has 0 radical (unpaired) electrons. The quantitative estimate of drug-likeness (QED) is 0.372. The molecule has 0 saturated heterocycles. The van der Waals surface area contributed by atoms with Gasteiger partial charge in [-0.3, -0.25) is 0 Å². The number of hydrogen-bond acceptors (Lipinski definition) is 1. The van der Waals surface area contributed by atoms with E-state index < -0.39 is 6.36 Å². The molecular weight excluding hydrogens is 217 g/mol. The normalized spacial score (nSPS) is 11.1. The van der Waals surface area contributed by atoms with Gasteiger partial charge in [0, 0.05) is 0 Å². The van der Waals surface area contributed by atoms with Crippen LogP contribution in [0.4, 0.5) is 13.2 Å². The average Bonchev–Trinajstić information content (AvgIpc) is 2.28. The predicted molar refractivity (Wildman–Crippen MR) is 62.9 cm³/mol. The maximum atomic E-state index is 11.6. The smallest absolute Gasteiger partial charge is 0.406 e. The van der Waals surface area contributed by atoms with Crippen molar-refractivity contribution in [3.05, 3.63) is 37.1 Å². The van der Waals surface area contributed by atoms with Crippen molar-refractivity contribution in [1.29, 1.82) is 0 Å². The van der Waals surface area contributed by atoms with E-state index in [9.17, 15) is 13.2 Å². The summed E-state index contributed by atoms with van der Waals surface area (Å²) in [7, 11) is 0. The topological polar surface area (TPSA) is 9.23 Å². The summed E-state index contributed by atoms with van der Waals surface area (Å²) in [6.45, 7) is 13.3. The SMILES string of the molecule is C/C=C(\C=C/CC)OC(F)(F)F.C=C.CC. The molecule has 0 aliphatic carbocycles. The van der Waals surface area contributed by atoms with Crippen LogP contribution in [0.1, 0.15) is 34.1 Å². The van der Waals surface area contributed by atoms with Gasteiger partial charge in [0.1, 0.15) is 5.76 Å². The van der Waals surface area contributed by atoms with E-state index in [1.807, 2.05) is 20.8 Å². The molecule has 0 heterocycles. The van der Waals surface area contributed by atoms with Crippen LogP contribution < -0.4 is 0 Å². The van der Waals surface area contributed by atoms with Gasteiger partial charge in [-0.1, -0.05) is 26.8 Å². The number of halogens is 3. The molecule has 0 rings (SSSR count). The maximum Gasteiger partial charge on any atom is 0.573 e. The molecule has 1 nitrogen and oxygen atoms in total. The van der Waals surface area contributed by atoms with Crippen molar-refractivity contribution < 1.29 is 17.9 Å². The van der Waals surface area contributed by atoms with Crippen molar-refractivity contribution in [3.63, 3.8) is 0 Å². The van der Waals surface area contributed by atoms with Crippen molar-refractivity contribution in [2.24, 2.45) is 0 Å². The lowest BCUT2D eigenvalue weighted by atomic mass is 10.3. The zero-order chi connectivity index (χ0) is 13.6. The highest BCUT2D eigenvalue weighted by Crippen LogP contribution is 2.21. The van der Waals surface area contributed by atoms with Crippen LogP contribution in [0.5, 0.6) is 0 Å². The third kappa shape index (κ3) is 18.6. The highest BCUT2D eigenvalue weighted by molar-refractivity contribution is 5.10. The van der Waals surface area contributed by atoms with Crippen LogP contribution in [-0.2, 0) is 4.74 Å². The molecule has 0 aliphatic rings. The van der Waals surface area contributed by atoms with E-state index in [0.717, 1.165) is 0 Å². The molecule has 0 aromatic carbocycles. The van der Waals surface area contributed by atoms with E-state index in [-0.39, 0.29) is 5.76 Å². The number of allylic oxidation sites excluding steroid dienone is 3. The fourth-order valence-electron chi connectivity index (χ4n) is 0.557. The first-order valence-corrected chi connectivity index (χ1v) is 5.08. The molecule has 0 N–H and O–H groups in total. The summed E-state index contributed by atoms with van der Waals surface area (Å²) in [6, 6.07) is 0. The van der Waals surface area contributed by atoms with Gasteiger partial charge in [0.25, 0.3) is 0 Å². The van der Waals surface area contributed by atoms with Crippen molar-refractivity contribution in [2.75, 3.05) is 0 Å². The van der Waals surface area contributed by atoms with Crippen LogP contribution >= 0.6 is 0 Å². The monoisotopic (exact) mass is 238 g/mol. The zero-order valence-electron chi connectivity index (χ0n) is 10.4. The first-order chi connectivity index (χ1) is 7.49. The molecule has 0 aromatic heterocycles. The lowest BCUT2D eigenvalue weighted by Crippen LogP contribution is -2.11. The van der Waals surface area contributed by atoms with Gasteiger partial charge >= 0.3 is 6.36 Å². The molecule has 4 heteroatoms. The second kappa shape index (κ2) is 13.8. The first-order valence-electron chi connectivity index (χ1n) is 5.08. The van der Waals surface area contributed by atoms with E-state index in [1.54, 1.807) is 6.08 Å². The van der Waals surface area contributed by atoms with Crippen LogP contribution in [0.2, 0.25) is 0 Å².